The van der Waals surface area contributed by atoms with Crippen LogP contribution in [0.5, 0.6) is 23.0 Å². The second-order valence-electron chi connectivity index (χ2n) is 5.06. The molecule has 0 radical (unpaired) electrons. The van der Waals surface area contributed by atoms with E-state index in [1.54, 1.807) is 24.3 Å². The zero-order valence-corrected chi connectivity index (χ0v) is 14.2. The van der Waals surface area contributed by atoms with Gasteiger partial charge in [0, 0.05) is 12.1 Å². The lowest BCUT2D eigenvalue weighted by Gasteiger charge is -2.14. The van der Waals surface area contributed by atoms with Crippen LogP contribution in [0.4, 0.5) is 0 Å². The van der Waals surface area contributed by atoms with Gasteiger partial charge in [0.25, 0.3) is 0 Å². The first-order chi connectivity index (χ1) is 11.1. The van der Waals surface area contributed by atoms with Gasteiger partial charge in [-0.3, -0.25) is 0 Å². The molecule has 2 aromatic carbocycles. The average molecular weight is 334 g/mol. The molecule has 0 spiro atoms. The predicted octanol–water partition coefficient (Wildman–Crippen LogP) is 4.83. The molecule has 4 nitrogen and oxygen atoms in total. The number of aromatic hydroxyl groups is 2. The molecule has 0 amide bonds. The van der Waals surface area contributed by atoms with Crippen molar-refractivity contribution in [1.82, 2.24) is 0 Å². The van der Waals surface area contributed by atoms with Gasteiger partial charge in [-0.25, -0.2) is 0 Å². The van der Waals surface area contributed by atoms with Crippen LogP contribution in [-0.2, 0) is 0 Å². The molecular weight excluding hydrogens is 312 g/mol. The quantitative estimate of drug-likeness (QED) is 0.724. The van der Waals surface area contributed by atoms with Crippen molar-refractivity contribution in [3.8, 4) is 23.0 Å². The molecule has 2 N–H and O–H groups in total. The summed E-state index contributed by atoms with van der Waals surface area (Å²) in [5.41, 5.74) is 0. The Morgan fingerprint density at radius 3 is 1.61 bits per heavy atom. The molecular formula is C18H22O4S. The summed E-state index contributed by atoms with van der Waals surface area (Å²) in [4.78, 5) is 1.78. The molecule has 2 aromatic rings. The lowest BCUT2D eigenvalue weighted by Crippen LogP contribution is -1.98. The number of phenolic OH excluding ortho intramolecular Hbond substituents is 2. The van der Waals surface area contributed by atoms with E-state index in [9.17, 15) is 10.2 Å². The van der Waals surface area contributed by atoms with Crippen LogP contribution >= 0.6 is 11.8 Å². The van der Waals surface area contributed by atoms with E-state index in [2.05, 4.69) is 0 Å². The third-order valence-corrected chi connectivity index (χ3v) is 4.11. The van der Waals surface area contributed by atoms with Crippen molar-refractivity contribution in [2.45, 2.75) is 36.5 Å². The lowest BCUT2D eigenvalue weighted by atomic mass is 10.3. The van der Waals surface area contributed by atoms with E-state index >= 15 is 0 Å². The van der Waals surface area contributed by atoms with E-state index in [-0.39, 0.29) is 11.5 Å². The molecule has 0 bridgehead atoms. The van der Waals surface area contributed by atoms with Crippen LogP contribution in [-0.4, -0.2) is 23.4 Å². The van der Waals surface area contributed by atoms with Crippen LogP contribution in [0.1, 0.15) is 26.7 Å². The Hall–Kier alpha value is -2.01. The molecule has 0 aliphatic rings. The maximum Gasteiger partial charge on any atom is 0.136 e. The summed E-state index contributed by atoms with van der Waals surface area (Å²) in [6.45, 7) is 5.25. The van der Waals surface area contributed by atoms with Gasteiger partial charge in [0.2, 0.25) is 0 Å². The van der Waals surface area contributed by atoms with E-state index in [1.165, 1.54) is 11.8 Å². The highest BCUT2D eigenvalue weighted by Crippen LogP contribution is 2.42. The van der Waals surface area contributed by atoms with E-state index < -0.39 is 0 Å². The maximum atomic E-state index is 9.66. The second kappa shape index (κ2) is 8.58. The van der Waals surface area contributed by atoms with Gasteiger partial charge in [0.05, 0.1) is 23.0 Å². The summed E-state index contributed by atoms with van der Waals surface area (Å²) >= 11 is 1.49. The summed E-state index contributed by atoms with van der Waals surface area (Å²) < 4.78 is 11.4. The largest absolute Gasteiger partial charge is 0.508 e. The smallest absolute Gasteiger partial charge is 0.136 e. The summed E-state index contributed by atoms with van der Waals surface area (Å²) in [5, 5.41) is 19.3. The third kappa shape index (κ3) is 4.99. The number of ether oxygens (including phenoxy) is 2. The van der Waals surface area contributed by atoms with Crippen LogP contribution < -0.4 is 9.47 Å². The van der Waals surface area contributed by atoms with E-state index in [1.807, 2.05) is 26.0 Å². The van der Waals surface area contributed by atoms with Gasteiger partial charge < -0.3 is 19.7 Å². The molecule has 0 aliphatic heterocycles. The van der Waals surface area contributed by atoms with Gasteiger partial charge in [-0.15, -0.1) is 0 Å². The van der Waals surface area contributed by atoms with E-state index in [4.69, 9.17) is 9.47 Å². The van der Waals surface area contributed by atoms with Gasteiger partial charge in [-0.1, -0.05) is 25.6 Å². The van der Waals surface area contributed by atoms with Gasteiger partial charge >= 0.3 is 0 Å². The molecule has 0 aliphatic carbocycles. The van der Waals surface area contributed by atoms with Crippen LogP contribution in [0, 0.1) is 0 Å². The molecule has 2 rings (SSSR count). The summed E-state index contributed by atoms with van der Waals surface area (Å²) in [5.74, 6) is 1.64. The fourth-order valence-corrected chi connectivity index (χ4v) is 2.88. The number of benzene rings is 2. The second-order valence-corrected chi connectivity index (χ2v) is 6.14. The van der Waals surface area contributed by atoms with Gasteiger partial charge in [0.1, 0.15) is 23.0 Å². The molecule has 124 valence electrons. The highest BCUT2D eigenvalue weighted by atomic mass is 32.2. The fourth-order valence-electron chi connectivity index (χ4n) is 1.93. The summed E-state index contributed by atoms with van der Waals surface area (Å²) in [6, 6.07) is 10.1. The SMILES string of the molecule is CCCOc1cc(O)ccc1Sc1ccc(O)cc1OCCC. The normalized spacial score (nSPS) is 10.5. The summed E-state index contributed by atoms with van der Waals surface area (Å²) in [7, 11) is 0. The van der Waals surface area contributed by atoms with Crippen molar-refractivity contribution in [2.24, 2.45) is 0 Å². The van der Waals surface area contributed by atoms with Gasteiger partial charge in [-0.2, -0.15) is 0 Å². The van der Waals surface area contributed by atoms with Crippen LogP contribution in [0.3, 0.4) is 0 Å². The Balaban J connectivity index is 2.27. The van der Waals surface area contributed by atoms with Crippen molar-refractivity contribution >= 4 is 11.8 Å². The standard InChI is InChI=1S/C18H22O4S/c1-3-9-21-15-11-13(19)5-7-17(15)23-18-8-6-14(20)12-16(18)22-10-4-2/h5-8,11-12,19-20H,3-4,9-10H2,1-2H3. The zero-order chi connectivity index (χ0) is 16.7. The highest BCUT2D eigenvalue weighted by Gasteiger charge is 2.12. The third-order valence-electron chi connectivity index (χ3n) is 3.00. The van der Waals surface area contributed by atoms with Crippen molar-refractivity contribution in [3.63, 3.8) is 0 Å². The van der Waals surface area contributed by atoms with Crippen molar-refractivity contribution < 1.29 is 19.7 Å². The molecule has 0 atom stereocenters. The zero-order valence-electron chi connectivity index (χ0n) is 13.4. The lowest BCUT2D eigenvalue weighted by molar-refractivity contribution is 0.306. The molecule has 23 heavy (non-hydrogen) atoms. The fraction of sp³-hybridized carbons (Fsp3) is 0.333. The molecule has 0 saturated carbocycles. The minimum atomic E-state index is 0.175. The predicted molar refractivity (Wildman–Crippen MR) is 91.9 cm³/mol. The first-order valence-corrected chi connectivity index (χ1v) is 8.55. The number of hydrogen-bond acceptors (Lipinski definition) is 5. The van der Waals surface area contributed by atoms with Gasteiger partial charge in [0.15, 0.2) is 0 Å². The molecule has 0 aromatic heterocycles. The van der Waals surface area contributed by atoms with Crippen molar-refractivity contribution in [1.29, 1.82) is 0 Å². The van der Waals surface area contributed by atoms with Crippen LogP contribution in [0.15, 0.2) is 46.2 Å². The summed E-state index contributed by atoms with van der Waals surface area (Å²) in [6.07, 6.45) is 1.79. The van der Waals surface area contributed by atoms with E-state index in [0.29, 0.717) is 24.7 Å². The molecule has 0 fully saturated rings. The average Bonchev–Trinajstić information content (AvgIpc) is 2.54. The molecule has 5 heteroatoms. The number of phenols is 2. The number of rotatable bonds is 8. The monoisotopic (exact) mass is 334 g/mol. The minimum absolute atomic E-state index is 0.175. The Morgan fingerprint density at radius 1 is 0.783 bits per heavy atom. The topological polar surface area (TPSA) is 58.9 Å². The Kier molecular flexibility index (Phi) is 6.47. The van der Waals surface area contributed by atoms with Crippen LogP contribution in [0.25, 0.3) is 0 Å². The Morgan fingerprint density at radius 2 is 1.22 bits per heavy atom. The molecule has 0 saturated heterocycles. The van der Waals surface area contributed by atoms with Crippen molar-refractivity contribution in [2.75, 3.05) is 13.2 Å². The first kappa shape index (κ1) is 17.3. The van der Waals surface area contributed by atoms with E-state index in [0.717, 1.165) is 22.6 Å². The molecule has 0 unspecified atom stereocenters. The Bertz CT molecular complexity index is 587. The molecule has 0 heterocycles. The maximum absolute atomic E-state index is 9.66. The van der Waals surface area contributed by atoms with Gasteiger partial charge in [-0.05, 0) is 37.1 Å². The van der Waals surface area contributed by atoms with Crippen molar-refractivity contribution in [3.05, 3.63) is 36.4 Å². The van der Waals surface area contributed by atoms with Crippen LogP contribution in [0.2, 0.25) is 0 Å². The highest BCUT2D eigenvalue weighted by molar-refractivity contribution is 7.99. The first-order valence-electron chi connectivity index (χ1n) is 7.73. The minimum Gasteiger partial charge on any atom is -0.508 e. The number of hydrogen-bond donors (Lipinski definition) is 2. The Labute approximate surface area is 141 Å².